The third kappa shape index (κ3) is 9.38. The van der Waals surface area contributed by atoms with Crippen molar-refractivity contribution in [3.05, 3.63) is 33.1 Å². The second-order valence-corrected chi connectivity index (χ2v) is 10.9. The van der Waals surface area contributed by atoms with Gasteiger partial charge in [-0.15, -0.1) is 12.3 Å². The quantitative estimate of drug-likeness (QED) is 0.135. The summed E-state index contributed by atoms with van der Waals surface area (Å²) < 4.78 is 58.7. The van der Waals surface area contributed by atoms with Crippen LogP contribution < -0.4 is 11.2 Å². The van der Waals surface area contributed by atoms with Crippen LogP contribution in [-0.2, 0) is 36.3 Å². The molecule has 2 rings (SSSR count). The average Bonchev–Trinajstić information content (AvgIpc) is 2.99. The molecule has 0 bridgehead atoms. The number of rotatable bonds is 12. The summed E-state index contributed by atoms with van der Waals surface area (Å²) in [5.41, 5.74) is -1.52. The van der Waals surface area contributed by atoms with Crippen LogP contribution in [0.3, 0.4) is 0 Å². The molecule has 16 nitrogen and oxygen atoms in total. The van der Waals surface area contributed by atoms with Gasteiger partial charge in [0.05, 0.1) is 6.61 Å². The highest BCUT2D eigenvalue weighted by Crippen LogP contribution is 2.67. The molecule has 1 aromatic heterocycles. The zero-order valence-corrected chi connectivity index (χ0v) is 19.3. The summed E-state index contributed by atoms with van der Waals surface area (Å²) in [7, 11) is -16.7. The van der Waals surface area contributed by atoms with Crippen molar-refractivity contribution >= 4 is 23.5 Å². The first-order valence-electron chi connectivity index (χ1n) is 9.02. The molecule has 1 aromatic rings. The number of aromatic nitrogens is 2. The van der Waals surface area contributed by atoms with Gasteiger partial charge in [-0.3, -0.25) is 18.9 Å². The Bertz CT molecular complexity index is 1120. The van der Waals surface area contributed by atoms with E-state index in [2.05, 4.69) is 14.5 Å². The molecule has 5 atom stereocenters. The molecule has 2 heterocycles. The van der Waals surface area contributed by atoms with E-state index in [1.165, 1.54) is 0 Å². The number of H-pyrrole nitrogens is 1. The lowest BCUT2D eigenvalue weighted by atomic mass is 10.2. The molecule has 0 radical (unpaired) electrons. The van der Waals surface area contributed by atoms with Crippen molar-refractivity contribution in [3.63, 3.8) is 0 Å². The van der Waals surface area contributed by atoms with E-state index in [9.17, 15) is 33.1 Å². The van der Waals surface area contributed by atoms with E-state index in [1.54, 1.807) is 0 Å². The molecule has 1 saturated heterocycles. The summed E-state index contributed by atoms with van der Waals surface area (Å²) in [4.78, 5) is 61.6. The Morgan fingerprint density at radius 1 is 1.18 bits per heavy atom. The zero-order valence-electron chi connectivity index (χ0n) is 16.7. The van der Waals surface area contributed by atoms with Crippen molar-refractivity contribution in [2.45, 2.75) is 37.7 Å². The van der Waals surface area contributed by atoms with Gasteiger partial charge >= 0.3 is 29.2 Å². The second-order valence-electron chi connectivity index (χ2n) is 6.50. The maximum atomic E-state index is 12.2. The SMILES string of the molecule is C#CCCCOC[C@H]1O[C@@H](n2ccc(=O)[nH]c2=O)C[C@@H]1OP(=O)(O)OP(=O)(O)OP(=O)(O)O. The fraction of sp³-hybridized carbons (Fsp3) is 0.571. The lowest BCUT2D eigenvalue weighted by Gasteiger charge is -2.22. The first-order chi connectivity index (χ1) is 15.2. The molecule has 19 heteroatoms. The minimum atomic E-state index is -5.72. The van der Waals surface area contributed by atoms with E-state index in [0.717, 1.165) is 16.8 Å². The molecule has 0 amide bonds. The van der Waals surface area contributed by atoms with Gasteiger partial charge in [-0.2, -0.15) is 8.62 Å². The monoisotopic (exact) mass is 534 g/mol. The van der Waals surface area contributed by atoms with Crippen molar-refractivity contribution in [1.29, 1.82) is 0 Å². The van der Waals surface area contributed by atoms with Crippen LogP contribution in [0.25, 0.3) is 0 Å². The van der Waals surface area contributed by atoms with E-state index in [-0.39, 0.29) is 19.6 Å². The fourth-order valence-electron chi connectivity index (χ4n) is 2.73. The van der Waals surface area contributed by atoms with Gasteiger partial charge in [0.15, 0.2) is 0 Å². The van der Waals surface area contributed by atoms with Crippen LogP contribution in [0.15, 0.2) is 21.9 Å². The first-order valence-corrected chi connectivity index (χ1v) is 13.5. The van der Waals surface area contributed by atoms with Gasteiger partial charge in [-0.05, 0) is 6.42 Å². The summed E-state index contributed by atoms with van der Waals surface area (Å²) in [6.45, 7) is -0.0328. The van der Waals surface area contributed by atoms with Crippen LogP contribution in [0.2, 0.25) is 0 Å². The highest BCUT2D eigenvalue weighted by molar-refractivity contribution is 7.66. The predicted molar refractivity (Wildman–Crippen MR) is 107 cm³/mol. The standard InChI is InChI=1S/C14H21N2O14P3/c1-2-3-4-7-26-9-11-10(8-13(27-11)16-6-5-12(17)15-14(16)18)28-32(22,23)30-33(24,25)29-31(19,20)21/h1,5-6,10-11,13H,3-4,7-9H2,(H,22,23)(H,24,25)(H,15,17,18)(H2,19,20,21)/t10-,11+,13+/m0/s1. The topological polar surface area (TPSA) is 233 Å². The Morgan fingerprint density at radius 2 is 1.88 bits per heavy atom. The summed E-state index contributed by atoms with van der Waals surface area (Å²) in [5, 5.41) is 0. The van der Waals surface area contributed by atoms with E-state index in [0.29, 0.717) is 12.8 Å². The molecule has 1 aliphatic heterocycles. The van der Waals surface area contributed by atoms with Crippen molar-refractivity contribution in [3.8, 4) is 12.3 Å². The van der Waals surface area contributed by atoms with Crippen LogP contribution in [0.4, 0.5) is 0 Å². The summed E-state index contributed by atoms with van der Waals surface area (Å²) in [5.74, 6) is 2.41. The number of nitrogens with one attached hydrogen (secondary N) is 1. The van der Waals surface area contributed by atoms with Gasteiger partial charge in [0.1, 0.15) is 18.4 Å². The molecule has 33 heavy (non-hydrogen) atoms. The first kappa shape index (κ1) is 27.8. The molecule has 0 spiro atoms. The smallest absolute Gasteiger partial charge is 0.379 e. The Kier molecular flexibility index (Phi) is 9.55. The molecule has 2 unspecified atom stereocenters. The minimum Gasteiger partial charge on any atom is -0.379 e. The number of hydrogen-bond donors (Lipinski definition) is 5. The molecular formula is C14H21N2O14P3. The van der Waals surface area contributed by atoms with E-state index in [4.69, 9.17) is 30.2 Å². The van der Waals surface area contributed by atoms with Crippen LogP contribution in [0.1, 0.15) is 25.5 Å². The number of unbranched alkanes of at least 4 members (excludes halogenated alkanes) is 1. The number of ether oxygens (including phenoxy) is 2. The van der Waals surface area contributed by atoms with Crippen LogP contribution in [0.5, 0.6) is 0 Å². The maximum absolute atomic E-state index is 12.2. The van der Waals surface area contributed by atoms with Crippen molar-refractivity contribution in [2.24, 2.45) is 0 Å². The molecule has 1 aliphatic rings. The van der Waals surface area contributed by atoms with E-state index >= 15 is 0 Å². The summed E-state index contributed by atoms with van der Waals surface area (Å²) in [6, 6.07) is 1.03. The number of hydrogen-bond acceptors (Lipinski definition) is 10. The molecule has 0 saturated carbocycles. The minimum absolute atomic E-state index is 0.190. The fourth-order valence-corrected chi connectivity index (χ4v) is 5.96. The van der Waals surface area contributed by atoms with Crippen molar-refractivity contribution in [1.82, 2.24) is 9.55 Å². The Hall–Kier alpha value is -1.43. The van der Waals surface area contributed by atoms with Crippen molar-refractivity contribution < 1.29 is 55.9 Å². The van der Waals surface area contributed by atoms with Gasteiger partial charge in [0, 0.05) is 31.7 Å². The lowest BCUT2D eigenvalue weighted by Crippen LogP contribution is -2.32. The number of phosphoric ester groups is 1. The second kappa shape index (κ2) is 11.3. The number of aromatic amines is 1. The molecule has 0 aliphatic carbocycles. The van der Waals surface area contributed by atoms with Gasteiger partial charge in [0.2, 0.25) is 0 Å². The zero-order chi connectivity index (χ0) is 24.9. The molecule has 0 aromatic carbocycles. The Balaban J connectivity index is 2.16. The van der Waals surface area contributed by atoms with E-state index in [1.807, 2.05) is 4.98 Å². The third-order valence-corrected chi connectivity index (χ3v) is 7.78. The Labute approximate surface area is 185 Å². The lowest BCUT2D eigenvalue weighted by molar-refractivity contribution is -0.0626. The average molecular weight is 534 g/mol. The van der Waals surface area contributed by atoms with Crippen LogP contribution in [0, 0.1) is 12.3 Å². The molecule has 186 valence electrons. The number of terminal acetylenes is 1. The third-order valence-electron chi connectivity index (χ3n) is 3.92. The summed E-state index contributed by atoms with van der Waals surface area (Å²) in [6.07, 6.45) is 3.30. The highest BCUT2D eigenvalue weighted by atomic mass is 31.3. The van der Waals surface area contributed by atoms with Gasteiger partial charge in [-0.25, -0.2) is 18.5 Å². The maximum Gasteiger partial charge on any atom is 0.490 e. The van der Waals surface area contributed by atoms with Gasteiger partial charge in [0.25, 0.3) is 5.56 Å². The van der Waals surface area contributed by atoms with Gasteiger partial charge in [-0.1, -0.05) is 0 Å². The normalized spacial score (nSPS) is 24.6. The van der Waals surface area contributed by atoms with Crippen LogP contribution >= 0.6 is 23.5 Å². The van der Waals surface area contributed by atoms with Gasteiger partial charge < -0.3 is 29.0 Å². The molecular weight excluding hydrogens is 513 g/mol. The van der Waals surface area contributed by atoms with Crippen LogP contribution in [-0.4, -0.2) is 54.5 Å². The highest BCUT2D eigenvalue weighted by Gasteiger charge is 2.46. The molecule has 5 N–H and O–H groups in total. The van der Waals surface area contributed by atoms with E-state index < -0.39 is 53.2 Å². The number of nitrogens with zero attached hydrogens (tertiary/aromatic N) is 1. The predicted octanol–water partition coefficient (Wildman–Crippen LogP) is -0.0340. The summed E-state index contributed by atoms with van der Waals surface area (Å²) >= 11 is 0. The molecule has 1 fully saturated rings. The van der Waals surface area contributed by atoms with Crippen molar-refractivity contribution in [2.75, 3.05) is 13.2 Å². The largest absolute Gasteiger partial charge is 0.490 e. The number of phosphoric acid groups is 3. The Morgan fingerprint density at radius 3 is 2.48 bits per heavy atom.